The van der Waals surface area contributed by atoms with Gasteiger partial charge in [-0.15, -0.1) is 11.3 Å². The van der Waals surface area contributed by atoms with Crippen LogP contribution in [0.2, 0.25) is 0 Å². The van der Waals surface area contributed by atoms with Crippen molar-refractivity contribution in [3.05, 3.63) is 101 Å². The first-order valence-corrected chi connectivity index (χ1v) is 10.7. The molecular formula is C25H23N3O2S. The molecule has 0 fully saturated rings. The maximum atomic E-state index is 12.8. The molecule has 31 heavy (non-hydrogen) atoms. The Morgan fingerprint density at radius 2 is 1.87 bits per heavy atom. The summed E-state index contributed by atoms with van der Waals surface area (Å²) in [6.45, 7) is 0. The van der Waals surface area contributed by atoms with Gasteiger partial charge in [-0.1, -0.05) is 42.5 Å². The van der Waals surface area contributed by atoms with Gasteiger partial charge in [0.05, 0.1) is 7.11 Å². The number of methoxy groups -OCH3 is 1. The molecule has 0 radical (unpaired) electrons. The number of rotatable bonds is 7. The van der Waals surface area contributed by atoms with Gasteiger partial charge < -0.3 is 14.6 Å². The first kappa shape index (κ1) is 20.6. The molecule has 0 saturated heterocycles. The smallest absolute Gasteiger partial charge is 0.244 e. The molecule has 0 aliphatic heterocycles. The summed E-state index contributed by atoms with van der Waals surface area (Å²) >= 11 is 1.65. The van der Waals surface area contributed by atoms with Crippen molar-refractivity contribution in [2.24, 2.45) is 7.05 Å². The standard InChI is InChI=1S/C25H23N3O2S/c1-28-17-16-26-25(28)24(19-8-10-20(30-2)11-9-19)27-23(29)15-13-21-12-14-22(31-21)18-6-4-3-5-7-18/h3-17,24H,1-2H3,(H,27,29)/b15-13+. The van der Waals surface area contributed by atoms with Gasteiger partial charge >= 0.3 is 0 Å². The number of hydrogen-bond acceptors (Lipinski definition) is 4. The molecule has 6 heteroatoms. The number of imidazole rings is 1. The Labute approximate surface area is 185 Å². The maximum Gasteiger partial charge on any atom is 0.244 e. The van der Waals surface area contributed by atoms with Crippen molar-refractivity contribution in [2.75, 3.05) is 7.11 Å². The lowest BCUT2D eigenvalue weighted by Gasteiger charge is -2.18. The van der Waals surface area contributed by atoms with Crippen LogP contribution in [0.15, 0.2) is 85.2 Å². The lowest BCUT2D eigenvalue weighted by molar-refractivity contribution is -0.117. The van der Waals surface area contributed by atoms with E-state index in [2.05, 4.69) is 28.5 Å². The molecule has 1 amide bonds. The van der Waals surface area contributed by atoms with Crippen LogP contribution in [0.1, 0.15) is 22.3 Å². The average Bonchev–Trinajstić information content (AvgIpc) is 3.46. The van der Waals surface area contributed by atoms with Gasteiger partial charge in [0.1, 0.15) is 17.6 Å². The topological polar surface area (TPSA) is 56.1 Å². The Kier molecular flexibility index (Phi) is 6.29. The Bertz CT molecular complexity index is 1180. The van der Waals surface area contributed by atoms with Crippen LogP contribution in [0.3, 0.4) is 0 Å². The second-order valence-electron chi connectivity index (χ2n) is 7.01. The Morgan fingerprint density at radius 1 is 1.10 bits per heavy atom. The number of nitrogens with zero attached hydrogens (tertiary/aromatic N) is 2. The molecule has 1 N–H and O–H groups in total. The number of benzene rings is 2. The number of nitrogens with one attached hydrogen (secondary N) is 1. The van der Waals surface area contributed by atoms with Crippen LogP contribution < -0.4 is 10.1 Å². The Morgan fingerprint density at radius 3 is 2.55 bits per heavy atom. The first-order valence-electron chi connectivity index (χ1n) is 9.89. The molecule has 0 bridgehead atoms. The fraction of sp³-hybridized carbons (Fsp3) is 0.120. The molecule has 0 spiro atoms. The van der Waals surface area contributed by atoms with Gasteiger partial charge in [0.15, 0.2) is 0 Å². The van der Waals surface area contributed by atoms with E-state index in [1.54, 1.807) is 30.7 Å². The first-order chi connectivity index (χ1) is 15.1. The third kappa shape index (κ3) is 4.92. The summed E-state index contributed by atoms with van der Waals surface area (Å²) in [5, 5.41) is 3.08. The van der Waals surface area contributed by atoms with Crippen LogP contribution in [0, 0.1) is 0 Å². The SMILES string of the molecule is COc1ccc(C(NC(=O)/C=C/c2ccc(-c3ccccc3)s2)c2nccn2C)cc1. The molecular weight excluding hydrogens is 406 g/mol. The second kappa shape index (κ2) is 9.45. The predicted molar refractivity (Wildman–Crippen MR) is 125 cm³/mol. The number of ether oxygens (including phenoxy) is 1. The number of aromatic nitrogens is 2. The highest BCUT2D eigenvalue weighted by Gasteiger charge is 2.20. The molecule has 2 aromatic heterocycles. The number of thiophene rings is 1. The van der Waals surface area contributed by atoms with Crippen LogP contribution in [0.25, 0.3) is 16.5 Å². The normalized spacial score (nSPS) is 12.1. The van der Waals surface area contributed by atoms with E-state index in [0.29, 0.717) is 0 Å². The number of amides is 1. The van der Waals surface area contributed by atoms with E-state index in [4.69, 9.17) is 4.74 Å². The van der Waals surface area contributed by atoms with E-state index in [0.717, 1.165) is 22.0 Å². The number of hydrogen-bond donors (Lipinski definition) is 1. The summed E-state index contributed by atoms with van der Waals surface area (Å²) in [4.78, 5) is 19.4. The number of carbonyl (C=O) groups is 1. The van der Waals surface area contributed by atoms with E-state index in [1.165, 1.54) is 10.4 Å². The molecule has 4 aromatic rings. The lowest BCUT2D eigenvalue weighted by atomic mass is 10.1. The van der Waals surface area contributed by atoms with Gasteiger partial charge in [0.25, 0.3) is 0 Å². The molecule has 5 nitrogen and oxygen atoms in total. The Balaban J connectivity index is 1.51. The molecule has 0 aliphatic rings. The molecule has 0 saturated carbocycles. The molecule has 0 aliphatic carbocycles. The summed E-state index contributed by atoms with van der Waals surface area (Å²) in [7, 11) is 3.54. The largest absolute Gasteiger partial charge is 0.497 e. The zero-order chi connectivity index (χ0) is 21.6. The van der Waals surface area contributed by atoms with E-state index in [1.807, 2.05) is 72.4 Å². The summed E-state index contributed by atoms with van der Waals surface area (Å²) in [5.74, 6) is 1.34. The quantitative estimate of drug-likeness (QED) is 0.417. The average molecular weight is 430 g/mol. The molecule has 2 aromatic carbocycles. The summed E-state index contributed by atoms with van der Waals surface area (Å²) in [5.41, 5.74) is 2.10. The zero-order valence-corrected chi connectivity index (χ0v) is 18.2. The minimum atomic E-state index is -0.369. The molecule has 156 valence electrons. The van der Waals surface area contributed by atoms with Crippen molar-refractivity contribution in [1.82, 2.24) is 14.9 Å². The van der Waals surface area contributed by atoms with Crippen LogP contribution in [-0.2, 0) is 11.8 Å². The minimum absolute atomic E-state index is 0.182. The van der Waals surface area contributed by atoms with Crippen LogP contribution in [0.5, 0.6) is 5.75 Å². The van der Waals surface area contributed by atoms with Crippen molar-refractivity contribution < 1.29 is 9.53 Å². The van der Waals surface area contributed by atoms with Gasteiger partial charge in [0.2, 0.25) is 5.91 Å². The highest BCUT2D eigenvalue weighted by molar-refractivity contribution is 7.16. The number of carbonyl (C=O) groups excluding carboxylic acids is 1. The van der Waals surface area contributed by atoms with Crippen molar-refractivity contribution >= 4 is 23.3 Å². The third-order valence-corrected chi connectivity index (χ3v) is 6.04. The molecule has 2 heterocycles. The third-order valence-electron chi connectivity index (χ3n) is 4.94. The summed E-state index contributed by atoms with van der Waals surface area (Å²) < 4.78 is 7.15. The lowest BCUT2D eigenvalue weighted by Crippen LogP contribution is -2.29. The fourth-order valence-electron chi connectivity index (χ4n) is 3.30. The van der Waals surface area contributed by atoms with Crippen LogP contribution in [0.4, 0.5) is 0 Å². The zero-order valence-electron chi connectivity index (χ0n) is 17.4. The Hall–Kier alpha value is -3.64. The molecule has 4 rings (SSSR count). The van der Waals surface area contributed by atoms with Gasteiger partial charge in [-0.3, -0.25) is 4.79 Å². The van der Waals surface area contributed by atoms with Crippen molar-refractivity contribution in [1.29, 1.82) is 0 Å². The van der Waals surface area contributed by atoms with Gasteiger partial charge in [0, 0.05) is 35.3 Å². The second-order valence-corrected chi connectivity index (χ2v) is 8.13. The van der Waals surface area contributed by atoms with Crippen LogP contribution in [-0.4, -0.2) is 22.6 Å². The van der Waals surface area contributed by atoms with E-state index < -0.39 is 0 Å². The van der Waals surface area contributed by atoms with Crippen molar-refractivity contribution in [3.63, 3.8) is 0 Å². The van der Waals surface area contributed by atoms with E-state index >= 15 is 0 Å². The van der Waals surface area contributed by atoms with Gasteiger partial charge in [-0.2, -0.15) is 0 Å². The minimum Gasteiger partial charge on any atom is -0.497 e. The van der Waals surface area contributed by atoms with E-state index in [9.17, 15) is 4.79 Å². The van der Waals surface area contributed by atoms with Crippen molar-refractivity contribution in [2.45, 2.75) is 6.04 Å². The van der Waals surface area contributed by atoms with Crippen LogP contribution >= 0.6 is 11.3 Å². The van der Waals surface area contributed by atoms with Gasteiger partial charge in [-0.25, -0.2) is 4.98 Å². The van der Waals surface area contributed by atoms with Crippen molar-refractivity contribution in [3.8, 4) is 16.2 Å². The highest BCUT2D eigenvalue weighted by Crippen LogP contribution is 2.28. The monoisotopic (exact) mass is 429 g/mol. The highest BCUT2D eigenvalue weighted by atomic mass is 32.1. The number of aryl methyl sites for hydroxylation is 1. The van der Waals surface area contributed by atoms with E-state index in [-0.39, 0.29) is 11.9 Å². The van der Waals surface area contributed by atoms with Gasteiger partial charge in [-0.05, 0) is 41.5 Å². The molecule has 1 atom stereocenters. The summed E-state index contributed by atoms with van der Waals surface area (Å²) in [6, 6.07) is 21.6. The summed E-state index contributed by atoms with van der Waals surface area (Å²) in [6.07, 6.45) is 7.01. The predicted octanol–water partition coefficient (Wildman–Crippen LogP) is 5.08. The molecule has 1 unspecified atom stereocenters. The maximum absolute atomic E-state index is 12.8. The fourth-order valence-corrected chi connectivity index (χ4v) is 4.21.